The number of rotatable bonds is 8. The Kier molecular flexibility index (Phi) is 6.39. The van der Waals surface area contributed by atoms with E-state index in [4.69, 9.17) is 4.74 Å². The number of nitrogens with zero attached hydrogens (tertiary/aromatic N) is 1. The van der Waals surface area contributed by atoms with Crippen LogP contribution in [0.25, 0.3) is 10.8 Å². The fourth-order valence-corrected chi connectivity index (χ4v) is 3.84. The van der Waals surface area contributed by atoms with E-state index in [0.29, 0.717) is 23.7 Å². The maximum Gasteiger partial charge on any atom is 0.245 e. The zero-order chi connectivity index (χ0) is 20.9. The summed E-state index contributed by atoms with van der Waals surface area (Å²) in [7, 11) is -3.65. The van der Waals surface area contributed by atoms with Gasteiger partial charge < -0.3 is 10.1 Å². The third-order valence-electron chi connectivity index (χ3n) is 4.35. The predicted molar refractivity (Wildman–Crippen MR) is 117 cm³/mol. The highest BCUT2D eigenvalue weighted by Gasteiger charge is 2.21. The van der Waals surface area contributed by atoms with Gasteiger partial charge >= 0.3 is 0 Å². The lowest BCUT2D eigenvalue weighted by molar-refractivity contribution is -0.114. The number of hydrogen-bond acceptors (Lipinski definition) is 4. The van der Waals surface area contributed by atoms with Gasteiger partial charge in [-0.05, 0) is 42.1 Å². The summed E-state index contributed by atoms with van der Waals surface area (Å²) in [6.45, 7) is 2.27. The summed E-state index contributed by atoms with van der Waals surface area (Å²) in [5.41, 5.74) is 1.05. The fourth-order valence-electron chi connectivity index (χ4n) is 2.98. The van der Waals surface area contributed by atoms with Crippen molar-refractivity contribution in [2.24, 2.45) is 0 Å². The van der Waals surface area contributed by atoms with Crippen molar-refractivity contribution in [2.45, 2.75) is 13.3 Å². The molecule has 0 saturated heterocycles. The number of benzene rings is 3. The van der Waals surface area contributed by atoms with Crippen LogP contribution in [0.1, 0.15) is 13.3 Å². The molecule has 0 heterocycles. The molecule has 7 heteroatoms. The molecule has 152 valence electrons. The molecule has 6 nitrogen and oxygen atoms in total. The molecule has 0 aromatic heterocycles. The van der Waals surface area contributed by atoms with Crippen LogP contribution in [0, 0.1) is 0 Å². The summed E-state index contributed by atoms with van der Waals surface area (Å²) in [5, 5.41) is 4.72. The van der Waals surface area contributed by atoms with Crippen LogP contribution in [0.2, 0.25) is 0 Å². The number of hydrogen-bond donors (Lipinski definition) is 1. The standard InChI is InChI=1S/C22H24N2O4S/c1-3-15-28-19-13-11-18(12-14-19)24(29(2,26)27)16-22(25)23-21-10-6-8-17-7-4-5-9-20(17)21/h4-14H,3,15-16H2,1-2H3,(H,23,25). The number of sulfonamides is 1. The van der Waals surface area contributed by atoms with E-state index in [2.05, 4.69) is 5.32 Å². The van der Waals surface area contributed by atoms with Gasteiger partial charge in [0.2, 0.25) is 15.9 Å². The molecule has 29 heavy (non-hydrogen) atoms. The van der Waals surface area contributed by atoms with Crippen LogP contribution in [-0.4, -0.2) is 33.7 Å². The van der Waals surface area contributed by atoms with Crippen molar-refractivity contribution in [3.63, 3.8) is 0 Å². The number of anilines is 2. The SMILES string of the molecule is CCCOc1ccc(N(CC(=O)Nc2cccc3ccccc23)S(C)(=O)=O)cc1. The van der Waals surface area contributed by atoms with Crippen LogP contribution < -0.4 is 14.4 Å². The Morgan fingerprint density at radius 3 is 2.38 bits per heavy atom. The molecule has 0 radical (unpaired) electrons. The number of ether oxygens (including phenoxy) is 1. The number of amides is 1. The maximum atomic E-state index is 12.7. The van der Waals surface area contributed by atoms with Crippen LogP contribution in [0.4, 0.5) is 11.4 Å². The summed E-state index contributed by atoms with van der Waals surface area (Å²) in [6.07, 6.45) is 1.96. The van der Waals surface area contributed by atoms with Crippen LogP contribution in [0.15, 0.2) is 66.7 Å². The zero-order valence-corrected chi connectivity index (χ0v) is 17.3. The first-order valence-corrected chi connectivity index (χ1v) is 11.2. The molecular weight excluding hydrogens is 388 g/mol. The highest BCUT2D eigenvalue weighted by atomic mass is 32.2. The van der Waals surface area contributed by atoms with Crippen molar-refractivity contribution < 1.29 is 17.9 Å². The van der Waals surface area contributed by atoms with Gasteiger partial charge in [0.25, 0.3) is 0 Å². The Morgan fingerprint density at radius 1 is 1.00 bits per heavy atom. The Bertz CT molecular complexity index is 1090. The smallest absolute Gasteiger partial charge is 0.245 e. The first-order chi connectivity index (χ1) is 13.9. The van der Waals surface area contributed by atoms with Gasteiger partial charge in [-0.1, -0.05) is 43.3 Å². The molecular formula is C22H24N2O4S. The van der Waals surface area contributed by atoms with Gasteiger partial charge in [-0.15, -0.1) is 0 Å². The first-order valence-electron chi connectivity index (χ1n) is 9.36. The second kappa shape index (κ2) is 8.96. The van der Waals surface area contributed by atoms with Crippen LogP contribution in [0.3, 0.4) is 0 Å². The molecule has 0 fully saturated rings. The fraction of sp³-hybridized carbons (Fsp3) is 0.227. The topological polar surface area (TPSA) is 75.7 Å². The van der Waals surface area contributed by atoms with Gasteiger partial charge in [0.15, 0.2) is 0 Å². The van der Waals surface area contributed by atoms with Gasteiger partial charge in [-0.25, -0.2) is 8.42 Å². The van der Waals surface area contributed by atoms with Crippen molar-refractivity contribution in [1.29, 1.82) is 0 Å². The van der Waals surface area contributed by atoms with Gasteiger partial charge in [-0.3, -0.25) is 9.10 Å². The molecule has 0 bridgehead atoms. The molecule has 0 aliphatic rings. The molecule has 0 saturated carbocycles. The average Bonchev–Trinajstić information content (AvgIpc) is 2.70. The quantitative estimate of drug-likeness (QED) is 0.606. The monoisotopic (exact) mass is 412 g/mol. The predicted octanol–water partition coefficient (Wildman–Crippen LogP) is 4.03. The largest absolute Gasteiger partial charge is 0.494 e. The molecule has 1 N–H and O–H groups in total. The minimum atomic E-state index is -3.65. The molecule has 3 rings (SSSR count). The molecule has 1 amide bonds. The van der Waals surface area contributed by atoms with E-state index in [1.807, 2.05) is 43.3 Å². The molecule has 3 aromatic rings. The Balaban J connectivity index is 1.79. The van der Waals surface area contributed by atoms with E-state index in [1.54, 1.807) is 30.3 Å². The highest BCUT2D eigenvalue weighted by molar-refractivity contribution is 7.92. The van der Waals surface area contributed by atoms with Crippen molar-refractivity contribution in [3.8, 4) is 5.75 Å². The summed E-state index contributed by atoms with van der Waals surface area (Å²) in [5.74, 6) is 0.238. The van der Waals surface area contributed by atoms with Gasteiger partial charge in [0, 0.05) is 11.1 Å². The second-order valence-electron chi connectivity index (χ2n) is 6.69. The van der Waals surface area contributed by atoms with E-state index < -0.39 is 15.9 Å². The maximum absolute atomic E-state index is 12.7. The molecule has 0 atom stereocenters. The van der Waals surface area contributed by atoms with Gasteiger partial charge in [0.1, 0.15) is 12.3 Å². The zero-order valence-electron chi connectivity index (χ0n) is 16.5. The molecule has 0 aliphatic carbocycles. The Morgan fingerprint density at radius 2 is 1.69 bits per heavy atom. The van der Waals surface area contributed by atoms with Crippen molar-refractivity contribution in [1.82, 2.24) is 0 Å². The molecule has 0 spiro atoms. The Hall–Kier alpha value is -3.06. The van der Waals surface area contributed by atoms with Crippen LogP contribution >= 0.6 is 0 Å². The van der Waals surface area contributed by atoms with E-state index >= 15 is 0 Å². The van der Waals surface area contributed by atoms with E-state index in [9.17, 15) is 13.2 Å². The van der Waals surface area contributed by atoms with E-state index in [1.165, 1.54) is 0 Å². The van der Waals surface area contributed by atoms with E-state index in [-0.39, 0.29) is 6.54 Å². The lowest BCUT2D eigenvalue weighted by Crippen LogP contribution is -2.37. The molecule has 0 unspecified atom stereocenters. The van der Waals surface area contributed by atoms with Crippen molar-refractivity contribution >= 4 is 38.1 Å². The normalized spacial score (nSPS) is 11.2. The number of carbonyl (C=O) groups is 1. The molecule has 0 aliphatic heterocycles. The lowest BCUT2D eigenvalue weighted by Gasteiger charge is -2.22. The van der Waals surface area contributed by atoms with Crippen molar-refractivity contribution in [2.75, 3.05) is 29.0 Å². The Labute approximate surface area is 171 Å². The second-order valence-corrected chi connectivity index (χ2v) is 8.59. The minimum Gasteiger partial charge on any atom is -0.494 e. The third-order valence-corrected chi connectivity index (χ3v) is 5.49. The summed E-state index contributed by atoms with van der Waals surface area (Å²) >= 11 is 0. The number of fused-ring (bicyclic) bond motifs is 1. The average molecular weight is 413 g/mol. The van der Waals surface area contributed by atoms with Gasteiger partial charge in [-0.2, -0.15) is 0 Å². The van der Waals surface area contributed by atoms with Crippen molar-refractivity contribution in [3.05, 3.63) is 66.7 Å². The summed E-state index contributed by atoms with van der Waals surface area (Å²) < 4.78 is 31.2. The summed E-state index contributed by atoms with van der Waals surface area (Å²) in [4.78, 5) is 12.7. The highest BCUT2D eigenvalue weighted by Crippen LogP contribution is 2.24. The molecule has 3 aromatic carbocycles. The number of carbonyl (C=O) groups excluding carboxylic acids is 1. The van der Waals surface area contributed by atoms with Gasteiger partial charge in [0.05, 0.1) is 18.6 Å². The summed E-state index contributed by atoms with van der Waals surface area (Å²) in [6, 6.07) is 20.0. The minimum absolute atomic E-state index is 0.322. The van der Waals surface area contributed by atoms with Crippen LogP contribution in [-0.2, 0) is 14.8 Å². The first kappa shape index (κ1) is 20.7. The number of nitrogens with one attached hydrogen (secondary N) is 1. The lowest BCUT2D eigenvalue weighted by atomic mass is 10.1. The van der Waals surface area contributed by atoms with E-state index in [0.717, 1.165) is 27.8 Å². The van der Waals surface area contributed by atoms with Crippen LogP contribution in [0.5, 0.6) is 5.75 Å². The third kappa shape index (κ3) is 5.26.